The molecule has 0 spiro atoms. The Kier molecular flexibility index (Phi) is 2.68. The molecule has 1 heterocycles. The van der Waals surface area contributed by atoms with Gasteiger partial charge in [-0.15, -0.1) is 0 Å². The Morgan fingerprint density at radius 3 is 2.88 bits per heavy atom. The van der Waals surface area contributed by atoms with Crippen LogP contribution in [0.2, 0.25) is 5.15 Å². The molecule has 1 N–H and O–H groups in total. The predicted octanol–water partition coefficient (Wildman–Crippen LogP) is 3.21. The fraction of sp³-hybridized carbons (Fsp3) is 0.538. The number of nitrogens with one attached hydrogen (secondary N) is 1. The molecule has 3 rings (SSSR count). The van der Waals surface area contributed by atoms with Crippen LogP contribution in [-0.4, -0.2) is 11.0 Å². The quantitative estimate of drug-likeness (QED) is 0.817. The van der Waals surface area contributed by atoms with Gasteiger partial charge in [0, 0.05) is 6.04 Å². The van der Waals surface area contributed by atoms with Crippen molar-refractivity contribution in [1.29, 1.82) is 5.26 Å². The molecule has 0 aromatic carbocycles. The first-order chi connectivity index (χ1) is 8.24. The molecule has 3 nitrogen and oxygen atoms in total. The predicted molar refractivity (Wildman–Crippen MR) is 66.8 cm³/mol. The second-order valence-corrected chi connectivity index (χ2v) is 5.49. The van der Waals surface area contributed by atoms with Crippen molar-refractivity contribution in [3.8, 4) is 6.07 Å². The van der Waals surface area contributed by atoms with Gasteiger partial charge in [0.2, 0.25) is 0 Å². The van der Waals surface area contributed by atoms with Crippen molar-refractivity contribution >= 4 is 17.4 Å². The number of anilines is 1. The average molecular weight is 248 g/mol. The van der Waals surface area contributed by atoms with Gasteiger partial charge in [-0.05, 0) is 43.2 Å². The minimum absolute atomic E-state index is 0.384. The lowest BCUT2D eigenvalue weighted by atomic mass is 9.95. The molecule has 1 aromatic rings. The summed E-state index contributed by atoms with van der Waals surface area (Å²) in [5.41, 5.74) is 0.565. The minimum atomic E-state index is 0.384. The first-order valence-corrected chi connectivity index (χ1v) is 6.46. The van der Waals surface area contributed by atoms with Gasteiger partial charge in [0.25, 0.3) is 0 Å². The summed E-state index contributed by atoms with van der Waals surface area (Å²) in [4.78, 5) is 4.23. The number of halogens is 1. The first kappa shape index (κ1) is 10.9. The Hall–Kier alpha value is -1.27. The van der Waals surface area contributed by atoms with Crippen LogP contribution in [0.1, 0.15) is 31.2 Å². The summed E-state index contributed by atoms with van der Waals surface area (Å²) < 4.78 is 0. The largest absolute Gasteiger partial charge is 0.367 e. The highest BCUT2D eigenvalue weighted by molar-refractivity contribution is 6.29. The molecular formula is C13H14ClN3. The van der Waals surface area contributed by atoms with Crippen LogP contribution >= 0.6 is 11.6 Å². The van der Waals surface area contributed by atoms with Gasteiger partial charge in [-0.1, -0.05) is 18.0 Å². The smallest absolute Gasteiger partial charge is 0.132 e. The molecule has 2 bridgehead atoms. The standard InChI is InChI=1S/C13H14ClN3/c14-12-5-9(7-15)6-13(17-12)16-11-4-8-1-2-10(11)3-8/h5-6,8,10-11H,1-4H2,(H,16,17). The molecule has 88 valence electrons. The molecule has 3 atom stereocenters. The van der Waals surface area contributed by atoms with Crippen molar-refractivity contribution in [1.82, 2.24) is 4.98 Å². The van der Waals surface area contributed by atoms with Gasteiger partial charge in [-0.2, -0.15) is 5.26 Å². The van der Waals surface area contributed by atoms with E-state index in [0.29, 0.717) is 16.8 Å². The number of hydrogen-bond acceptors (Lipinski definition) is 3. The Morgan fingerprint density at radius 2 is 2.24 bits per heavy atom. The van der Waals surface area contributed by atoms with Gasteiger partial charge in [0.05, 0.1) is 11.6 Å². The van der Waals surface area contributed by atoms with Crippen LogP contribution in [0.4, 0.5) is 5.82 Å². The lowest BCUT2D eigenvalue weighted by molar-refractivity contribution is 0.439. The molecule has 1 aromatic heterocycles. The second-order valence-electron chi connectivity index (χ2n) is 5.10. The molecule has 4 heteroatoms. The Morgan fingerprint density at radius 1 is 1.35 bits per heavy atom. The molecule has 0 saturated heterocycles. The van der Waals surface area contributed by atoms with Crippen molar-refractivity contribution in [2.45, 2.75) is 31.7 Å². The van der Waals surface area contributed by atoms with Crippen molar-refractivity contribution in [3.05, 3.63) is 22.8 Å². The van der Waals surface area contributed by atoms with Crippen LogP contribution in [0.5, 0.6) is 0 Å². The summed E-state index contributed by atoms with van der Waals surface area (Å²) in [7, 11) is 0. The number of nitriles is 1. The number of pyridine rings is 1. The normalized spacial score (nSPS) is 30.2. The van der Waals surface area contributed by atoms with E-state index < -0.39 is 0 Å². The fourth-order valence-electron chi connectivity index (χ4n) is 3.25. The van der Waals surface area contributed by atoms with Crippen LogP contribution in [-0.2, 0) is 0 Å². The van der Waals surface area contributed by atoms with Crippen molar-refractivity contribution < 1.29 is 0 Å². The van der Waals surface area contributed by atoms with Gasteiger partial charge >= 0.3 is 0 Å². The molecule has 0 radical (unpaired) electrons. The van der Waals surface area contributed by atoms with Gasteiger partial charge < -0.3 is 5.32 Å². The summed E-state index contributed by atoms with van der Waals surface area (Å²) in [5, 5.41) is 12.7. The third kappa shape index (κ3) is 2.10. The number of hydrogen-bond donors (Lipinski definition) is 1. The van der Waals surface area contributed by atoms with E-state index >= 15 is 0 Å². The molecule has 17 heavy (non-hydrogen) atoms. The Bertz CT molecular complexity index is 480. The van der Waals surface area contributed by atoms with E-state index in [1.54, 1.807) is 12.1 Å². The topological polar surface area (TPSA) is 48.7 Å². The van der Waals surface area contributed by atoms with E-state index in [1.807, 2.05) is 0 Å². The zero-order valence-corrected chi connectivity index (χ0v) is 10.2. The van der Waals surface area contributed by atoms with Gasteiger partial charge in [-0.3, -0.25) is 0 Å². The molecular weight excluding hydrogens is 234 g/mol. The van der Waals surface area contributed by atoms with Crippen molar-refractivity contribution in [2.75, 3.05) is 5.32 Å². The van der Waals surface area contributed by atoms with Crippen LogP contribution in [0.3, 0.4) is 0 Å². The summed E-state index contributed by atoms with van der Waals surface area (Å²) in [6, 6.07) is 5.99. The van der Waals surface area contributed by atoms with Gasteiger partial charge in [-0.25, -0.2) is 4.98 Å². The second kappa shape index (κ2) is 4.19. The number of fused-ring (bicyclic) bond motifs is 2. The molecule has 0 aliphatic heterocycles. The Labute approximate surface area is 106 Å². The van der Waals surface area contributed by atoms with Crippen LogP contribution in [0.15, 0.2) is 12.1 Å². The molecule has 2 aliphatic carbocycles. The van der Waals surface area contributed by atoms with Crippen LogP contribution in [0.25, 0.3) is 0 Å². The molecule has 2 aliphatic rings. The van der Waals surface area contributed by atoms with E-state index in [2.05, 4.69) is 16.4 Å². The Balaban J connectivity index is 1.77. The summed E-state index contributed by atoms with van der Waals surface area (Å²) in [6.07, 6.45) is 5.30. The molecule has 0 amide bonds. The molecule has 2 fully saturated rings. The minimum Gasteiger partial charge on any atom is -0.367 e. The highest BCUT2D eigenvalue weighted by Crippen LogP contribution is 2.45. The monoisotopic (exact) mass is 247 g/mol. The lowest BCUT2D eigenvalue weighted by Crippen LogP contribution is -2.26. The molecule has 2 saturated carbocycles. The highest BCUT2D eigenvalue weighted by atomic mass is 35.5. The molecule has 3 unspecified atom stereocenters. The van der Waals surface area contributed by atoms with Gasteiger partial charge in [0.1, 0.15) is 11.0 Å². The average Bonchev–Trinajstić information content (AvgIpc) is 2.90. The van der Waals surface area contributed by atoms with Crippen LogP contribution in [0, 0.1) is 23.2 Å². The number of rotatable bonds is 2. The summed E-state index contributed by atoms with van der Waals surface area (Å²) in [6.45, 7) is 0. The lowest BCUT2D eigenvalue weighted by Gasteiger charge is -2.23. The van der Waals surface area contributed by atoms with E-state index in [0.717, 1.165) is 17.7 Å². The van der Waals surface area contributed by atoms with Crippen molar-refractivity contribution in [2.24, 2.45) is 11.8 Å². The zero-order chi connectivity index (χ0) is 11.8. The number of nitrogens with zero attached hydrogens (tertiary/aromatic N) is 2. The van der Waals surface area contributed by atoms with E-state index in [1.165, 1.54) is 25.7 Å². The SMILES string of the molecule is N#Cc1cc(Cl)nc(NC2CC3CCC2C3)c1. The highest BCUT2D eigenvalue weighted by Gasteiger charge is 2.39. The first-order valence-electron chi connectivity index (χ1n) is 6.09. The van der Waals surface area contributed by atoms with Gasteiger partial charge in [0.15, 0.2) is 0 Å². The van der Waals surface area contributed by atoms with Crippen molar-refractivity contribution in [3.63, 3.8) is 0 Å². The number of aromatic nitrogens is 1. The third-order valence-electron chi connectivity index (χ3n) is 3.99. The zero-order valence-electron chi connectivity index (χ0n) is 9.49. The maximum Gasteiger partial charge on any atom is 0.132 e. The van der Waals surface area contributed by atoms with E-state index in [4.69, 9.17) is 16.9 Å². The summed E-state index contributed by atoms with van der Waals surface area (Å²) in [5.74, 6) is 2.42. The van der Waals surface area contributed by atoms with E-state index in [9.17, 15) is 0 Å². The van der Waals surface area contributed by atoms with E-state index in [-0.39, 0.29) is 0 Å². The third-order valence-corrected chi connectivity index (χ3v) is 4.19. The summed E-state index contributed by atoms with van der Waals surface area (Å²) >= 11 is 5.89. The fourth-order valence-corrected chi connectivity index (χ4v) is 3.46. The van der Waals surface area contributed by atoms with Crippen LogP contribution < -0.4 is 5.32 Å². The maximum absolute atomic E-state index is 8.89. The maximum atomic E-state index is 8.89.